The highest BCUT2D eigenvalue weighted by Gasteiger charge is 2.34. The predicted octanol–water partition coefficient (Wildman–Crippen LogP) is 3.76. The second kappa shape index (κ2) is 6.33. The first-order chi connectivity index (χ1) is 13.2. The molecule has 0 N–H and O–H groups in total. The van der Waals surface area contributed by atoms with Crippen LogP contribution in [0.1, 0.15) is 5.69 Å². The van der Waals surface area contributed by atoms with Crippen LogP contribution in [0.4, 0.5) is 5.69 Å². The Hall–Kier alpha value is -2.97. The molecule has 0 bridgehead atoms. The van der Waals surface area contributed by atoms with E-state index >= 15 is 0 Å². The summed E-state index contributed by atoms with van der Waals surface area (Å²) >= 11 is 6.66. The Bertz CT molecular complexity index is 1150. The lowest BCUT2D eigenvalue weighted by Crippen LogP contribution is -2.27. The maximum Gasteiger partial charge on any atom is 0.270 e. The Kier molecular flexibility index (Phi) is 3.80. The highest BCUT2D eigenvalue weighted by atomic mass is 32.2. The van der Waals surface area contributed by atoms with Gasteiger partial charge in [-0.1, -0.05) is 36.1 Å². The topological polar surface area (TPSA) is 64.6 Å². The molecule has 3 heterocycles. The molecule has 0 atom stereocenters. The molecule has 2 aromatic carbocycles. The molecular formula is C19H11N3O3S2. The number of para-hydroxylation sites is 2. The first-order valence-corrected chi connectivity index (χ1v) is 9.31. The number of thiocarbonyl (C=S) groups is 1. The van der Waals surface area contributed by atoms with Crippen molar-refractivity contribution >= 4 is 57.0 Å². The van der Waals surface area contributed by atoms with E-state index in [-0.39, 0.29) is 12.7 Å². The summed E-state index contributed by atoms with van der Waals surface area (Å²) in [6, 6.07) is 12.9. The quantitative estimate of drug-likeness (QED) is 0.485. The van der Waals surface area contributed by atoms with E-state index in [4.69, 9.17) is 21.7 Å². The zero-order valence-electron chi connectivity index (χ0n) is 13.8. The summed E-state index contributed by atoms with van der Waals surface area (Å²) in [6.45, 7) is 0.178. The molecule has 0 radical (unpaired) electrons. The van der Waals surface area contributed by atoms with Crippen LogP contribution in [0.25, 0.3) is 17.1 Å². The first-order valence-electron chi connectivity index (χ1n) is 8.08. The lowest BCUT2D eigenvalue weighted by molar-refractivity contribution is -0.113. The Balaban J connectivity index is 1.48. The summed E-state index contributed by atoms with van der Waals surface area (Å²) in [7, 11) is 0. The third-order valence-corrected chi connectivity index (χ3v) is 5.46. The number of anilines is 1. The maximum atomic E-state index is 12.9. The molecule has 3 aromatic rings. The van der Waals surface area contributed by atoms with E-state index in [1.54, 1.807) is 30.5 Å². The predicted molar refractivity (Wildman–Crippen MR) is 108 cm³/mol. The van der Waals surface area contributed by atoms with Gasteiger partial charge < -0.3 is 9.47 Å². The van der Waals surface area contributed by atoms with Gasteiger partial charge in [0.1, 0.15) is 0 Å². The minimum absolute atomic E-state index is 0.178. The number of amides is 1. The number of hydrogen-bond acceptors (Lipinski definition) is 7. The van der Waals surface area contributed by atoms with Crippen molar-refractivity contribution in [3.63, 3.8) is 0 Å². The van der Waals surface area contributed by atoms with E-state index in [1.165, 1.54) is 16.7 Å². The van der Waals surface area contributed by atoms with Gasteiger partial charge in [0.05, 0.1) is 33.5 Å². The van der Waals surface area contributed by atoms with Crippen LogP contribution in [0.3, 0.4) is 0 Å². The zero-order chi connectivity index (χ0) is 18.4. The molecule has 2 aliphatic rings. The molecule has 6 nitrogen and oxygen atoms in total. The largest absolute Gasteiger partial charge is 0.454 e. The maximum absolute atomic E-state index is 12.9. The Morgan fingerprint density at radius 3 is 2.81 bits per heavy atom. The second-order valence-electron chi connectivity index (χ2n) is 5.84. The van der Waals surface area contributed by atoms with Crippen LogP contribution in [-0.4, -0.2) is 27.0 Å². The molecule has 1 fully saturated rings. The Morgan fingerprint density at radius 2 is 1.93 bits per heavy atom. The van der Waals surface area contributed by atoms with E-state index in [0.717, 1.165) is 11.0 Å². The van der Waals surface area contributed by atoms with E-state index < -0.39 is 0 Å². The monoisotopic (exact) mass is 393 g/mol. The highest BCUT2D eigenvalue weighted by Crippen LogP contribution is 2.40. The van der Waals surface area contributed by atoms with Crippen molar-refractivity contribution in [2.45, 2.75) is 0 Å². The normalized spacial score (nSPS) is 17.3. The van der Waals surface area contributed by atoms with Crippen molar-refractivity contribution in [1.82, 2.24) is 9.97 Å². The average molecular weight is 393 g/mol. The molecule has 2 aliphatic heterocycles. The van der Waals surface area contributed by atoms with E-state index in [0.29, 0.717) is 32.1 Å². The number of carbonyl (C=O) groups excluding carboxylic acids is 1. The molecule has 5 rings (SSSR count). The number of hydrogen-bond donors (Lipinski definition) is 0. The smallest absolute Gasteiger partial charge is 0.270 e. The molecule has 1 saturated heterocycles. The highest BCUT2D eigenvalue weighted by molar-refractivity contribution is 8.27. The zero-order valence-corrected chi connectivity index (χ0v) is 15.4. The van der Waals surface area contributed by atoms with Gasteiger partial charge in [-0.3, -0.25) is 14.7 Å². The number of thioether (sulfide) groups is 1. The number of aromatic nitrogens is 2. The lowest BCUT2D eigenvalue weighted by Gasteiger charge is -2.14. The minimum Gasteiger partial charge on any atom is -0.454 e. The van der Waals surface area contributed by atoms with Crippen LogP contribution >= 0.6 is 24.0 Å². The fourth-order valence-corrected chi connectivity index (χ4v) is 4.17. The summed E-state index contributed by atoms with van der Waals surface area (Å²) in [5.41, 5.74) is 2.84. The Labute approximate surface area is 163 Å². The van der Waals surface area contributed by atoms with E-state index in [2.05, 4.69) is 9.97 Å². The van der Waals surface area contributed by atoms with Crippen LogP contribution < -0.4 is 14.4 Å². The van der Waals surface area contributed by atoms with Crippen molar-refractivity contribution in [3.8, 4) is 11.5 Å². The minimum atomic E-state index is -0.196. The van der Waals surface area contributed by atoms with Gasteiger partial charge in [-0.15, -0.1) is 0 Å². The molecule has 0 aliphatic carbocycles. The molecule has 132 valence electrons. The van der Waals surface area contributed by atoms with Crippen molar-refractivity contribution in [1.29, 1.82) is 0 Å². The third kappa shape index (κ3) is 2.83. The van der Waals surface area contributed by atoms with Crippen molar-refractivity contribution < 1.29 is 14.3 Å². The summed E-state index contributed by atoms with van der Waals surface area (Å²) in [6.07, 6.45) is 3.36. The summed E-state index contributed by atoms with van der Waals surface area (Å²) in [4.78, 5) is 23.8. The Morgan fingerprint density at radius 1 is 1.11 bits per heavy atom. The summed E-state index contributed by atoms with van der Waals surface area (Å²) in [5, 5.41) is 0. The SMILES string of the molecule is O=C1/C(=C/c2cnc3ccccc3n2)SC(=S)N1c1ccc2c(c1)OCO2. The summed E-state index contributed by atoms with van der Waals surface area (Å²) in [5.74, 6) is 1.07. The lowest BCUT2D eigenvalue weighted by atomic mass is 10.2. The molecule has 27 heavy (non-hydrogen) atoms. The van der Waals surface area contributed by atoms with Gasteiger partial charge in [0, 0.05) is 6.07 Å². The van der Waals surface area contributed by atoms with Crippen molar-refractivity contribution in [2.24, 2.45) is 0 Å². The standard InChI is InChI=1S/C19H11N3O3S2/c23-18-17(7-11-9-20-13-3-1-2-4-14(13)21-11)27-19(26)22(18)12-5-6-15-16(8-12)25-10-24-15/h1-9H,10H2/b17-7-. The van der Waals surface area contributed by atoms with Crippen molar-refractivity contribution in [3.05, 3.63) is 59.3 Å². The van der Waals surface area contributed by atoms with Crippen LogP contribution in [-0.2, 0) is 4.79 Å². The molecular weight excluding hydrogens is 382 g/mol. The summed E-state index contributed by atoms with van der Waals surface area (Å²) < 4.78 is 11.2. The number of rotatable bonds is 2. The molecule has 8 heteroatoms. The van der Waals surface area contributed by atoms with Crippen LogP contribution in [0.2, 0.25) is 0 Å². The second-order valence-corrected chi connectivity index (χ2v) is 7.51. The fourth-order valence-electron chi connectivity index (χ4n) is 2.89. The number of fused-ring (bicyclic) bond motifs is 2. The number of benzene rings is 2. The van der Waals surface area contributed by atoms with Gasteiger partial charge in [0.25, 0.3) is 5.91 Å². The molecule has 0 unspecified atom stereocenters. The van der Waals surface area contributed by atoms with Gasteiger partial charge >= 0.3 is 0 Å². The van der Waals surface area contributed by atoms with Gasteiger partial charge in [0.2, 0.25) is 6.79 Å². The molecule has 1 aromatic heterocycles. The first kappa shape index (κ1) is 16.2. The van der Waals surface area contributed by atoms with Gasteiger partial charge in [-0.05, 0) is 30.3 Å². The third-order valence-electron chi connectivity index (χ3n) is 4.15. The molecule has 1 amide bonds. The van der Waals surface area contributed by atoms with E-state index in [1.807, 2.05) is 24.3 Å². The number of ether oxygens (including phenoxy) is 2. The van der Waals surface area contributed by atoms with E-state index in [9.17, 15) is 4.79 Å². The molecule has 0 saturated carbocycles. The van der Waals surface area contributed by atoms with Crippen LogP contribution in [0, 0.1) is 0 Å². The molecule has 0 spiro atoms. The van der Waals surface area contributed by atoms with Gasteiger partial charge in [-0.2, -0.15) is 0 Å². The number of carbonyl (C=O) groups is 1. The van der Waals surface area contributed by atoms with Gasteiger partial charge in [0.15, 0.2) is 15.8 Å². The number of nitrogens with zero attached hydrogens (tertiary/aromatic N) is 3. The van der Waals surface area contributed by atoms with Gasteiger partial charge in [-0.25, -0.2) is 4.98 Å². The van der Waals surface area contributed by atoms with Crippen molar-refractivity contribution in [2.75, 3.05) is 11.7 Å². The van der Waals surface area contributed by atoms with Crippen LogP contribution in [0.15, 0.2) is 53.6 Å². The fraction of sp³-hybridized carbons (Fsp3) is 0.0526. The average Bonchev–Trinajstić information content (AvgIpc) is 3.25. The van der Waals surface area contributed by atoms with Crippen LogP contribution in [0.5, 0.6) is 11.5 Å².